The highest BCUT2D eigenvalue weighted by Gasteiger charge is 2.14. The van der Waals surface area contributed by atoms with Gasteiger partial charge in [-0.1, -0.05) is 12.1 Å². The summed E-state index contributed by atoms with van der Waals surface area (Å²) in [4.78, 5) is 0. The van der Waals surface area contributed by atoms with Crippen LogP contribution in [0.4, 0.5) is 0 Å². The lowest BCUT2D eigenvalue weighted by Crippen LogP contribution is -2.27. The van der Waals surface area contributed by atoms with E-state index in [1.54, 1.807) is 24.6 Å². The summed E-state index contributed by atoms with van der Waals surface area (Å²) in [6.45, 7) is 2.82. The highest BCUT2D eigenvalue weighted by Crippen LogP contribution is 2.18. The maximum atomic E-state index is 10.1. The molecule has 2 N–H and O–H groups in total. The van der Waals surface area contributed by atoms with E-state index in [0.717, 1.165) is 12.2 Å². The van der Waals surface area contributed by atoms with Crippen LogP contribution in [0.3, 0.4) is 0 Å². The number of aromatic nitrogens is 2. The van der Waals surface area contributed by atoms with Crippen LogP contribution in [-0.2, 0) is 6.54 Å². The van der Waals surface area contributed by atoms with Crippen molar-refractivity contribution in [1.82, 2.24) is 15.1 Å². The quantitative estimate of drug-likeness (QED) is 0.704. The number of hydrogen-bond donors (Lipinski definition) is 2. The molecule has 0 bridgehead atoms. The first-order chi connectivity index (χ1) is 11.2. The maximum absolute atomic E-state index is 10.1. The Morgan fingerprint density at radius 2 is 2.04 bits per heavy atom. The molecule has 5 nitrogen and oxygen atoms in total. The first-order valence-electron chi connectivity index (χ1n) is 7.76. The van der Waals surface area contributed by atoms with E-state index in [-0.39, 0.29) is 6.04 Å². The zero-order chi connectivity index (χ0) is 16.1. The van der Waals surface area contributed by atoms with Crippen LogP contribution in [0, 0.1) is 0 Å². The Bertz CT molecular complexity index is 690. The highest BCUT2D eigenvalue weighted by atomic mass is 16.4. The van der Waals surface area contributed by atoms with Gasteiger partial charge >= 0.3 is 0 Å². The minimum Gasteiger partial charge on any atom is -0.467 e. The first kappa shape index (κ1) is 15.5. The lowest BCUT2D eigenvalue weighted by molar-refractivity contribution is 0.128. The van der Waals surface area contributed by atoms with Gasteiger partial charge in [-0.25, -0.2) is 4.68 Å². The molecule has 0 aliphatic carbocycles. The van der Waals surface area contributed by atoms with Crippen LogP contribution in [0.5, 0.6) is 0 Å². The predicted molar refractivity (Wildman–Crippen MR) is 88.2 cm³/mol. The van der Waals surface area contributed by atoms with E-state index in [2.05, 4.69) is 29.5 Å². The number of nitrogens with zero attached hydrogens (tertiary/aromatic N) is 2. The second-order valence-corrected chi connectivity index (χ2v) is 5.67. The second-order valence-electron chi connectivity index (χ2n) is 5.67. The van der Waals surface area contributed by atoms with Crippen LogP contribution in [0.1, 0.15) is 30.8 Å². The number of rotatable bonds is 7. The fourth-order valence-corrected chi connectivity index (χ4v) is 2.50. The fourth-order valence-electron chi connectivity index (χ4n) is 2.50. The number of furan rings is 1. The summed E-state index contributed by atoms with van der Waals surface area (Å²) in [5, 5.41) is 17.7. The molecule has 0 spiro atoms. The molecule has 2 atom stereocenters. The van der Waals surface area contributed by atoms with Crippen molar-refractivity contribution >= 4 is 0 Å². The molecular weight excluding hydrogens is 290 g/mol. The Kier molecular flexibility index (Phi) is 4.90. The summed E-state index contributed by atoms with van der Waals surface area (Å²) in [7, 11) is 0. The fraction of sp³-hybridized carbons (Fsp3) is 0.278. The van der Waals surface area contributed by atoms with E-state index in [4.69, 9.17) is 4.42 Å². The molecule has 120 valence electrons. The molecule has 23 heavy (non-hydrogen) atoms. The summed E-state index contributed by atoms with van der Waals surface area (Å²) in [6.07, 6.45) is 5.30. The van der Waals surface area contributed by atoms with Crippen LogP contribution in [0.25, 0.3) is 5.69 Å². The molecular formula is C18H21N3O2. The van der Waals surface area contributed by atoms with Crippen LogP contribution in [0.15, 0.2) is 65.5 Å². The average Bonchev–Trinajstić information content (AvgIpc) is 3.26. The van der Waals surface area contributed by atoms with E-state index in [0.29, 0.717) is 12.2 Å². The summed E-state index contributed by atoms with van der Waals surface area (Å²) < 4.78 is 7.05. The summed E-state index contributed by atoms with van der Waals surface area (Å²) in [6, 6.07) is 13.9. The number of nitrogens with one attached hydrogen (secondary N) is 1. The highest BCUT2D eigenvalue weighted by molar-refractivity contribution is 5.33. The topological polar surface area (TPSA) is 63.2 Å². The lowest BCUT2D eigenvalue weighted by Gasteiger charge is -2.17. The second kappa shape index (κ2) is 7.26. The molecule has 0 aliphatic heterocycles. The zero-order valence-electron chi connectivity index (χ0n) is 13.1. The number of benzene rings is 1. The average molecular weight is 311 g/mol. The molecule has 2 aromatic heterocycles. The van der Waals surface area contributed by atoms with Gasteiger partial charge < -0.3 is 14.8 Å². The molecule has 5 heteroatoms. The SMILES string of the molecule is CC(CC(O)c1ccco1)NCc1ccc(-n2cccn2)cc1. The Labute approximate surface area is 135 Å². The Hall–Kier alpha value is -2.37. The van der Waals surface area contributed by atoms with Crippen molar-refractivity contribution in [2.24, 2.45) is 0 Å². The van der Waals surface area contributed by atoms with Crippen molar-refractivity contribution in [1.29, 1.82) is 0 Å². The minimum atomic E-state index is -0.574. The van der Waals surface area contributed by atoms with Crippen molar-refractivity contribution in [2.45, 2.75) is 32.0 Å². The lowest BCUT2D eigenvalue weighted by atomic mass is 10.1. The number of aliphatic hydroxyl groups excluding tert-OH is 1. The van der Waals surface area contributed by atoms with Crippen molar-refractivity contribution < 1.29 is 9.52 Å². The molecule has 0 radical (unpaired) electrons. The molecule has 0 saturated carbocycles. The third-order valence-corrected chi connectivity index (χ3v) is 3.81. The number of aliphatic hydroxyl groups is 1. The molecule has 0 saturated heterocycles. The molecule has 3 aromatic rings. The standard InChI is InChI=1S/C18H21N3O2/c1-14(12-17(22)18-4-2-11-23-18)19-13-15-5-7-16(8-6-15)21-10-3-9-20-21/h2-11,14,17,19,22H,12-13H2,1H3. The van der Waals surface area contributed by atoms with Crippen molar-refractivity contribution in [3.05, 3.63) is 72.4 Å². The molecule has 0 amide bonds. The van der Waals surface area contributed by atoms with Gasteiger partial charge in [0.2, 0.25) is 0 Å². The van der Waals surface area contributed by atoms with Crippen molar-refractivity contribution in [3.8, 4) is 5.69 Å². The Morgan fingerprint density at radius 1 is 1.22 bits per heavy atom. The van der Waals surface area contributed by atoms with Gasteiger partial charge in [0, 0.05) is 25.0 Å². The smallest absolute Gasteiger partial charge is 0.132 e. The number of hydrogen-bond acceptors (Lipinski definition) is 4. The third-order valence-electron chi connectivity index (χ3n) is 3.81. The first-order valence-corrected chi connectivity index (χ1v) is 7.76. The van der Waals surface area contributed by atoms with Crippen LogP contribution in [0.2, 0.25) is 0 Å². The van der Waals surface area contributed by atoms with E-state index in [9.17, 15) is 5.11 Å². The molecule has 1 aromatic carbocycles. The van der Waals surface area contributed by atoms with Crippen LogP contribution >= 0.6 is 0 Å². The maximum Gasteiger partial charge on any atom is 0.132 e. The van der Waals surface area contributed by atoms with E-state index in [1.807, 2.05) is 29.1 Å². The van der Waals surface area contributed by atoms with Gasteiger partial charge in [-0.05, 0) is 49.2 Å². The normalized spacial score (nSPS) is 13.8. The van der Waals surface area contributed by atoms with E-state index < -0.39 is 6.10 Å². The van der Waals surface area contributed by atoms with Gasteiger partial charge in [-0.2, -0.15) is 5.10 Å². The van der Waals surface area contributed by atoms with E-state index >= 15 is 0 Å². The van der Waals surface area contributed by atoms with Gasteiger partial charge in [0.15, 0.2) is 0 Å². The van der Waals surface area contributed by atoms with Gasteiger partial charge in [0.25, 0.3) is 0 Å². The van der Waals surface area contributed by atoms with E-state index in [1.165, 1.54) is 5.56 Å². The van der Waals surface area contributed by atoms with Gasteiger partial charge in [-0.3, -0.25) is 0 Å². The van der Waals surface area contributed by atoms with Crippen LogP contribution < -0.4 is 5.32 Å². The Balaban J connectivity index is 1.50. The summed E-state index contributed by atoms with van der Waals surface area (Å²) in [5.74, 6) is 0.613. The summed E-state index contributed by atoms with van der Waals surface area (Å²) >= 11 is 0. The third kappa shape index (κ3) is 4.09. The predicted octanol–water partition coefficient (Wildman–Crippen LogP) is 3.07. The molecule has 0 fully saturated rings. The minimum absolute atomic E-state index is 0.181. The Morgan fingerprint density at radius 3 is 2.70 bits per heavy atom. The summed E-state index contributed by atoms with van der Waals surface area (Å²) in [5.41, 5.74) is 2.24. The van der Waals surface area contributed by atoms with Crippen LogP contribution in [-0.4, -0.2) is 20.9 Å². The monoisotopic (exact) mass is 311 g/mol. The van der Waals surface area contributed by atoms with Crippen molar-refractivity contribution in [3.63, 3.8) is 0 Å². The van der Waals surface area contributed by atoms with Gasteiger partial charge in [0.05, 0.1) is 12.0 Å². The van der Waals surface area contributed by atoms with Gasteiger partial charge in [-0.15, -0.1) is 0 Å². The molecule has 0 aliphatic rings. The van der Waals surface area contributed by atoms with Gasteiger partial charge in [0.1, 0.15) is 11.9 Å². The molecule has 2 unspecified atom stereocenters. The zero-order valence-corrected chi connectivity index (χ0v) is 13.1. The van der Waals surface area contributed by atoms with Crippen molar-refractivity contribution in [2.75, 3.05) is 0 Å². The molecule has 3 rings (SSSR count). The molecule has 2 heterocycles. The largest absolute Gasteiger partial charge is 0.467 e.